The van der Waals surface area contributed by atoms with Crippen molar-refractivity contribution < 1.29 is 17.2 Å². The highest BCUT2D eigenvalue weighted by Crippen LogP contribution is 2.31. The van der Waals surface area contributed by atoms with Crippen LogP contribution >= 0.6 is 0 Å². The molecule has 0 bridgehead atoms. The average molecular weight is 480 g/mol. The zero-order valence-corrected chi connectivity index (χ0v) is 18.8. The van der Waals surface area contributed by atoms with E-state index in [4.69, 9.17) is 0 Å². The van der Waals surface area contributed by atoms with Crippen LogP contribution in [0.15, 0.2) is 73.2 Å². The van der Waals surface area contributed by atoms with Gasteiger partial charge in [-0.25, -0.2) is 22.2 Å². The maximum Gasteiger partial charge on any atom is 0.232 e. The highest BCUT2D eigenvalue weighted by Gasteiger charge is 2.15. The topological polar surface area (TPSA) is 92.7 Å². The fraction of sp³-hybridized carbons (Fsp3) is 0.0833. The van der Waals surface area contributed by atoms with Gasteiger partial charge in [0.05, 0.1) is 28.2 Å². The van der Waals surface area contributed by atoms with Gasteiger partial charge in [0.2, 0.25) is 10.0 Å². The van der Waals surface area contributed by atoms with Crippen LogP contribution in [0.2, 0.25) is 0 Å². The SMILES string of the molecule is CCS(=O)(=O)Nc1cc(-c2ccc(F)cc2F)cc(-n2cnc3cc(-c4ccn[nH]4)ccc32)c1. The van der Waals surface area contributed by atoms with Gasteiger partial charge in [-0.3, -0.25) is 14.4 Å². The third-order valence-electron chi connectivity index (χ3n) is 5.45. The van der Waals surface area contributed by atoms with E-state index in [1.165, 1.54) is 19.1 Å². The Kier molecular flexibility index (Phi) is 5.37. The summed E-state index contributed by atoms with van der Waals surface area (Å²) in [7, 11) is -3.59. The second-order valence-electron chi connectivity index (χ2n) is 7.69. The van der Waals surface area contributed by atoms with Crippen LogP contribution in [-0.4, -0.2) is 33.9 Å². The van der Waals surface area contributed by atoms with Crippen molar-refractivity contribution in [1.29, 1.82) is 0 Å². The van der Waals surface area contributed by atoms with Crippen LogP contribution in [0.4, 0.5) is 14.5 Å². The van der Waals surface area contributed by atoms with Gasteiger partial charge in [0.25, 0.3) is 0 Å². The van der Waals surface area contributed by atoms with Gasteiger partial charge in [-0.15, -0.1) is 0 Å². The average Bonchev–Trinajstić information content (AvgIpc) is 3.48. The minimum absolute atomic E-state index is 0.123. The number of benzene rings is 3. The third kappa shape index (κ3) is 4.15. The minimum atomic E-state index is -3.59. The van der Waals surface area contributed by atoms with Crippen molar-refractivity contribution in [2.24, 2.45) is 0 Å². The number of nitrogens with zero attached hydrogens (tertiary/aromatic N) is 3. The van der Waals surface area contributed by atoms with Crippen LogP contribution in [0.3, 0.4) is 0 Å². The molecule has 0 spiro atoms. The molecule has 0 aliphatic heterocycles. The molecular formula is C24H19F2N5O2S. The molecule has 0 atom stereocenters. The lowest BCUT2D eigenvalue weighted by molar-refractivity contribution is 0.585. The van der Waals surface area contributed by atoms with Gasteiger partial charge in [0.1, 0.15) is 18.0 Å². The van der Waals surface area contributed by atoms with Crippen molar-refractivity contribution in [3.8, 4) is 28.1 Å². The standard InChI is InChI=1S/C24H19F2N5O2S/c1-2-34(32,33)30-18-9-16(20-5-4-17(25)12-21(20)26)10-19(13-18)31-14-27-23-11-15(3-6-24(23)31)22-7-8-28-29-22/h3-14,30H,2H2,1H3,(H,28,29). The lowest BCUT2D eigenvalue weighted by Crippen LogP contribution is -2.15. The number of fused-ring (bicyclic) bond motifs is 1. The molecule has 3 aromatic carbocycles. The number of aromatic nitrogens is 4. The monoisotopic (exact) mass is 479 g/mol. The Hall–Kier alpha value is -4.05. The summed E-state index contributed by atoms with van der Waals surface area (Å²) in [6, 6.07) is 15.7. The molecule has 7 nitrogen and oxygen atoms in total. The summed E-state index contributed by atoms with van der Waals surface area (Å²) in [5.41, 5.74) is 4.59. The molecule has 0 aliphatic rings. The first-order valence-electron chi connectivity index (χ1n) is 10.4. The van der Waals surface area contributed by atoms with Crippen molar-refractivity contribution in [3.05, 3.63) is 84.8 Å². The molecule has 5 rings (SSSR count). The van der Waals surface area contributed by atoms with E-state index in [0.717, 1.165) is 28.9 Å². The Labute approximate surface area is 194 Å². The quantitative estimate of drug-likeness (QED) is 0.353. The summed E-state index contributed by atoms with van der Waals surface area (Å²) < 4.78 is 56.8. The van der Waals surface area contributed by atoms with E-state index >= 15 is 0 Å². The normalized spacial score (nSPS) is 11.7. The molecule has 0 aliphatic carbocycles. The summed E-state index contributed by atoms with van der Waals surface area (Å²) in [5, 5.41) is 6.88. The highest BCUT2D eigenvalue weighted by molar-refractivity contribution is 7.92. The van der Waals surface area contributed by atoms with E-state index < -0.39 is 21.7 Å². The third-order valence-corrected chi connectivity index (χ3v) is 6.76. The predicted molar refractivity (Wildman–Crippen MR) is 127 cm³/mol. The van der Waals surface area contributed by atoms with E-state index in [-0.39, 0.29) is 17.0 Å². The van der Waals surface area contributed by atoms with Gasteiger partial charge < -0.3 is 0 Å². The van der Waals surface area contributed by atoms with Crippen LogP contribution in [0, 0.1) is 11.6 Å². The first kappa shape index (κ1) is 21.8. The van der Waals surface area contributed by atoms with Gasteiger partial charge in [-0.05, 0) is 61.0 Å². The lowest BCUT2D eigenvalue weighted by Gasteiger charge is -2.14. The van der Waals surface area contributed by atoms with E-state index in [2.05, 4.69) is 19.9 Å². The van der Waals surface area contributed by atoms with E-state index in [1.807, 2.05) is 24.3 Å². The Morgan fingerprint density at radius 1 is 1.00 bits per heavy atom. The zero-order valence-electron chi connectivity index (χ0n) is 18.0. The molecule has 0 unspecified atom stereocenters. The van der Waals surface area contributed by atoms with Crippen LogP contribution < -0.4 is 4.72 Å². The molecule has 0 fully saturated rings. The van der Waals surface area contributed by atoms with Crippen molar-refractivity contribution in [2.75, 3.05) is 10.5 Å². The Bertz CT molecular complexity index is 1610. The molecule has 2 N–H and O–H groups in total. The van der Waals surface area contributed by atoms with Gasteiger partial charge in [0, 0.05) is 29.1 Å². The first-order chi connectivity index (χ1) is 16.3. The van der Waals surface area contributed by atoms with Crippen LogP contribution in [-0.2, 0) is 10.0 Å². The molecule has 34 heavy (non-hydrogen) atoms. The minimum Gasteiger partial charge on any atom is -0.299 e. The number of rotatable bonds is 6. The summed E-state index contributed by atoms with van der Waals surface area (Å²) in [5.74, 6) is -1.57. The number of imidazole rings is 1. The fourth-order valence-corrected chi connectivity index (χ4v) is 4.36. The summed E-state index contributed by atoms with van der Waals surface area (Å²) in [4.78, 5) is 4.48. The molecular weight excluding hydrogens is 460 g/mol. The molecule has 0 saturated carbocycles. The summed E-state index contributed by atoms with van der Waals surface area (Å²) in [6.07, 6.45) is 3.27. The molecule has 0 amide bonds. The van der Waals surface area contributed by atoms with Crippen LogP contribution in [0.5, 0.6) is 0 Å². The number of H-pyrrole nitrogens is 1. The Balaban J connectivity index is 1.66. The van der Waals surface area contributed by atoms with Crippen molar-refractivity contribution >= 4 is 26.7 Å². The summed E-state index contributed by atoms with van der Waals surface area (Å²) in [6.45, 7) is 1.52. The van der Waals surface area contributed by atoms with Crippen LogP contribution in [0.1, 0.15) is 6.92 Å². The number of anilines is 1. The second-order valence-corrected chi connectivity index (χ2v) is 9.70. The largest absolute Gasteiger partial charge is 0.299 e. The predicted octanol–water partition coefficient (Wildman–Crippen LogP) is 5.12. The molecule has 5 aromatic rings. The van der Waals surface area contributed by atoms with E-state index in [1.54, 1.807) is 29.2 Å². The molecule has 10 heteroatoms. The zero-order chi connectivity index (χ0) is 23.9. The molecule has 0 saturated heterocycles. The number of hydrogen-bond acceptors (Lipinski definition) is 4. The smallest absolute Gasteiger partial charge is 0.232 e. The molecule has 0 radical (unpaired) electrons. The molecule has 2 heterocycles. The fourth-order valence-electron chi connectivity index (χ4n) is 3.74. The van der Waals surface area contributed by atoms with E-state index in [9.17, 15) is 17.2 Å². The number of hydrogen-bond donors (Lipinski definition) is 2. The van der Waals surface area contributed by atoms with Gasteiger partial charge in [-0.2, -0.15) is 5.10 Å². The molecule has 2 aromatic heterocycles. The van der Waals surface area contributed by atoms with Crippen LogP contribution in [0.25, 0.3) is 39.1 Å². The Morgan fingerprint density at radius 3 is 2.59 bits per heavy atom. The first-order valence-corrected chi connectivity index (χ1v) is 12.1. The maximum absolute atomic E-state index is 14.6. The van der Waals surface area contributed by atoms with Gasteiger partial charge >= 0.3 is 0 Å². The van der Waals surface area contributed by atoms with Gasteiger partial charge in [0.15, 0.2) is 0 Å². The van der Waals surface area contributed by atoms with Gasteiger partial charge in [-0.1, -0.05) is 6.07 Å². The number of aromatic amines is 1. The van der Waals surface area contributed by atoms with Crippen molar-refractivity contribution in [1.82, 2.24) is 19.7 Å². The lowest BCUT2D eigenvalue weighted by atomic mass is 10.0. The summed E-state index contributed by atoms with van der Waals surface area (Å²) >= 11 is 0. The van der Waals surface area contributed by atoms with Crippen molar-refractivity contribution in [3.63, 3.8) is 0 Å². The molecule has 172 valence electrons. The number of nitrogens with one attached hydrogen (secondary N) is 2. The number of halogens is 2. The second kappa shape index (κ2) is 8.38. The van der Waals surface area contributed by atoms with Crippen molar-refractivity contribution in [2.45, 2.75) is 6.92 Å². The Morgan fingerprint density at radius 2 is 1.85 bits per heavy atom. The highest BCUT2D eigenvalue weighted by atomic mass is 32.2. The number of sulfonamides is 1. The van der Waals surface area contributed by atoms with E-state index in [0.29, 0.717) is 16.8 Å². The maximum atomic E-state index is 14.6.